The van der Waals surface area contributed by atoms with Crippen LogP contribution in [0.5, 0.6) is 0 Å². The number of carbonyl (C=O) groups is 1. The Kier molecular flexibility index (Phi) is 3.58. The fourth-order valence-electron chi connectivity index (χ4n) is 0.897. The van der Waals surface area contributed by atoms with E-state index in [-0.39, 0.29) is 6.03 Å². The van der Waals surface area contributed by atoms with Gasteiger partial charge < -0.3 is 0 Å². The van der Waals surface area contributed by atoms with Gasteiger partial charge in [-0.3, -0.25) is 5.32 Å². The molecule has 0 saturated heterocycles. The number of aromatic nitrogens is 1. The molecule has 0 bridgehead atoms. The van der Waals surface area contributed by atoms with Gasteiger partial charge in [0.15, 0.2) is 0 Å². The van der Waals surface area contributed by atoms with Crippen molar-refractivity contribution in [3.8, 4) is 0 Å². The Bertz CT molecular complexity index is 336. The molecule has 0 radical (unpaired) electrons. The number of urea groups is 1. The zero-order chi connectivity index (χ0) is 10.6. The van der Waals surface area contributed by atoms with E-state index in [9.17, 15) is 4.79 Å². The van der Waals surface area contributed by atoms with E-state index >= 15 is 0 Å². The number of aryl methyl sites for hydroxylation is 1. The van der Waals surface area contributed by atoms with Crippen LogP contribution in [-0.2, 0) is 0 Å². The Labute approximate surface area is 86.5 Å². The third-order valence-electron chi connectivity index (χ3n) is 1.56. The number of amides is 2. The molecule has 0 fully saturated rings. The molecular weight excluding hydrogens is 200 g/mol. The summed E-state index contributed by atoms with van der Waals surface area (Å²) in [6.07, 6.45) is 1.62. The third-order valence-corrected chi connectivity index (χ3v) is 2.38. The number of hydrogen-bond donors (Lipinski definition) is 1. The number of nitrogens with one attached hydrogen (secondary N) is 1. The van der Waals surface area contributed by atoms with Crippen LogP contribution in [0, 0.1) is 6.92 Å². The van der Waals surface area contributed by atoms with Crippen molar-refractivity contribution in [3.05, 3.63) is 11.2 Å². The van der Waals surface area contributed by atoms with Gasteiger partial charge in [0.05, 0.1) is 11.2 Å². The SMILES string of the molecule is C=NN(CC)C(=O)Nc1cnc(C)s1. The molecule has 5 nitrogen and oxygen atoms in total. The molecule has 6 heteroatoms. The molecule has 0 aromatic carbocycles. The maximum Gasteiger partial charge on any atom is 0.342 e. The van der Waals surface area contributed by atoms with Gasteiger partial charge in [-0.25, -0.2) is 14.8 Å². The summed E-state index contributed by atoms with van der Waals surface area (Å²) in [5, 5.41) is 9.11. The van der Waals surface area contributed by atoms with Gasteiger partial charge in [0.1, 0.15) is 5.00 Å². The smallest absolute Gasteiger partial charge is 0.296 e. The summed E-state index contributed by atoms with van der Waals surface area (Å²) in [7, 11) is 0. The van der Waals surface area contributed by atoms with E-state index in [0.717, 1.165) is 10.0 Å². The van der Waals surface area contributed by atoms with Gasteiger partial charge in [0, 0.05) is 13.3 Å². The largest absolute Gasteiger partial charge is 0.342 e. The van der Waals surface area contributed by atoms with Crippen LogP contribution in [0.15, 0.2) is 11.3 Å². The highest BCUT2D eigenvalue weighted by atomic mass is 32.1. The molecule has 0 unspecified atom stereocenters. The molecule has 1 rings (SSSR count). The van der Waals surface area contributed by atoms with Crippen molar-refractivity contribution in [1.82, 2.24) is 9.99 Å². The summed E-state index contributed by atoms with van der Waals surface area (Å²) in [5.41, 5.74) is 0. The minimum atomic E-state index is -0.286. The minimum absolute atomic E-state index is 0.286. The Balaban J connectivity index is 2.60. The lowest BCUT2D eigenvalue weighted by Gasteiger charge is -2.13. The molecule has 1 aromatic heterocycles. The van der Waals surface area contributed by atoms with Crippen LogP contribution >= 0.6 is 11.3 Å². The van der Waals surface area contributed by atoms with Gasteiger partial charge in [-0.15, -0.1) is 11.3 Å². The van der Waals surface area contributed by atoms with Gasteiger partial charge in [-0.2, -0.15) is 5.10 Å². The fourth-order valence-corrected chi connectivity index (χ4v) is 1.56. The Morgan fingerprint density at radius 3 is 3.00 bits per heavy atom. The second-order valence-electron chi connectivity index (χ2n) is 2.53. The molecule has 0 aliphatic rings. The van der Waals surface area contributed by atoms with Gasteiger partial charge in [-0.05, 0) is 13.8 Å². The molecule has 14 heavy (non-hydrogen) atoms. The fraction of sp³-hybridized carbons (Fsp3) is 0.375. The maximum absolute atomic E-state index is 11.4. The van der Waals surface area contributed by atoms with Gasteiger partial charge in [0.2, 0.25) is 0 Å². The molecule has 2 amide bonds. The van der Waals surface area contributed by atoms with Gasteiger partial charge in [0.25, 0.3) is 0 Å². The minimum Gasteiger partial charge on any atom is -0.296 e. The van der Waals surface area contributed by atoms with Crippen LogP contribution in [0.1, 0.15) is 11.9 Å². The first kappa shape index (κ1) is 10.6. The van der Waals surface area contributed by atoms with Crippen LogP contribution in [0.2, 0.25) is 0 Å². The number of carbonyl (C=O) groups excluding carboxylic acids is 1. The summed E-state index contributed by atoms with van der Waals surface area (Å²) in [5.74, 6) is 0. The van der Waals surface area contributed by atoms with E-state index in [2.05, 4.69) is 22.1 Å². The van der Waals surface area contributed by atoms with Crippen molar-refractivity contribution in [2.24, 2.45) is 5.10 Å². The molecule has 1 aromatic rings. The first-order valence-electron chi connectivity index (χ1n) is 4.15. The first-order chi connectivity index (χ1) is 6.67. The molecule has 1 heterocycles. The third kappa shape index (κ3) is 2.53. The first-order valence-corrected chi connectivity index (χ1v) is 4.96. The van der Waals surface area contributed by atoms with E-state index < -0.39 is 0 Å². The second kappa shape index (κ2) is 4.71. The Morgan fingerprint density at radius 2 is 2.57 bits per heavy atom. The van der Waals surface area contributed by atoms with E-state index in [0.29, 0.717) is 6.54 Å². The molecule has 76 valence electrons. The van der Waals surface area contributed by atoms with Crippen LogP contribution in [-0.4, -0.2) is 29.3 Å². The second-order valence-corrected chi connectivity index (χ2v) is 3.77. The van der Waals surface area contributed by atoms with Crippen molar-refractivity contribution < 1.29 is 4.79 Å². The van der Waals surface area contributed by atoms with E-state index in [1.807, 2.05) is 13.8 Å². The quantitative estimate of drug-likeness (QED) is 0.614. The molecular formula is C8H12N4OS. The average Bonchev–Trinajstić information content (AvgIpc) is 2.53. The van der Waals surface area contributed by atoms with Crippen LogP contribution in [0.3, 0.4) is 0 Å². The normalized spacial score (nSPS) is 9.57. The van der Waals surface area contributed by atoms with E-state index in [4.69, 9.17) is 0 Å². The highest BCUT2D eigenvalue weighted by Crippen LogP contribution is 2.17. The topological polar surface area (TPSA) is 57.6 Å². The summed E-state index contributed by atoms with van der Waals surface area (Å²) < 4.78 is 0. The van der Waals surface area contributed by atoms with Crippen molar-refractivity contribution in [1.29, 1.82) is 0 Å². The highest BCUT2D eigenvalue weighted by molar-refractivity contribution is 7.15. The number of hydrazone groups is 1. The molecule has 0 saturated carbocycles. The number of anilines is 1. The van der Waals surface area contributed by atoms with E-state index in [1.165, 1.54) is 16.3 Å². The Hall–Kier alpha value is -1.43. The van der Waals surface area contributed by atoms with Crippen LogP contribution in [0.4, 0.5) is 9.80 Å². The zero-order valence-corrected chi connectivity index (χ0v) is 8.97. The zero-order valence-electron chi connectivity index (χ0n) is 8.15. The van der Waals surface area contributed by atoms with Crippen molar-refractivity contribution in [2.75, 3.05) is 11.9 Å². The molecule has 0 atom stereocenters. The van der Waals surface area contributed by atoms with Crippen molar-refractivity contribution in [3.63, 3.8) is 0 Å². The average molecular weight is 212 g/mol. The molecule has 0 spiro atoms. The van der Waals surface area contributed by atoms with Crippen molar-refractivity contribution >= 4 is 29.1 Å². The molecule has 0 aliphatic heterocycles. The van der Waals surface area contributed by atoms with Crippen LogP contribution < -0.4 is 5.32 Å². The maximum atomic E-state index is 11.4. The van der Waals surface area contributed by atoms with E-state index in [1.54, 1.807) is 6.20 Å². The lowest BCUT2D eigenvalue weighted by Crippen LogP contribution is -2.29. The summed E-state index contributed by atoms with van der Waals surface area (Å²) >= 11 is 1.42. The molecule has 0 aliphatic carbocycles. The highest BCUT2D eigenvalue weighted by Gasteiger charge is 2.10. The monoisotopic (exact) mass is 212 g/mol. The standard InChI is InChI=1S/C8H12N4OS/c1-4-12(9-3)8(13)11-7-5-10-6(2)14-7/h5H,3-4H2,1-2H3,(H,11,13). The van der Waals surface area contributed by atoms with Gasteiger partial charge >= 0.3 is 6.03 Å². The number of hydrogen-bond acceptors (Lipinski definition) is 4. The lowest BCUT2D eigenvalue weighted by molar-refractivity contribution is 0.217. The summed E-state index contributed by atoms with van der Waals surface area (Å²) in [6, 6.07) is -0.286. The summed E-state index contributed by atoms with van der Waals surface area (Å²) in [4.78, 5) is 15.5. The number of nitrogens with zero attached hydrogens (tertiary/aromatic N) is 3. The predicted octanol–water partition coefficient (Wildman–Crippen LogP) is 1.92. The lowest BCUT2D eigenvalue weighted by atomic mass is 10.7. The molecule has 1 N–H and O–H groups in total. The Morgan fingerprint density at radius 1 is 1.86 bits per heavy atom. The van der Waals surface area contributed by atoms with Crippen LogP contribution in [0.25, 0.3) is 0 Å². The van der Waals surface area contributed by atoms with Gasteiger partial charge in [-0.1, -0.05) is 0 Å². The van der Waals surface area contributed by atoms with Crippen molar-refractivity contribution in [2.45, 2.75) is 13.8 Å². The number of thiazole rings is 1. The number of rotatable bonds is 3. The summed E-state index contributed by atoms with van der Waals surface area (Å²) in [6.45, 7) is 7.50. The predicted molar refractivity (Wildman–Crippen MR) is 57.8 cm³/mol.